The number of carbonyl (C=O) groups excluding carboxylic acids is 2. The molecule has 1 saturated carbocycles. The Kier molecular flexibility index (Phi) is 5.92. The second kappa shape index (κ2) is 8.79. The Balaban J connectivity index is 1.54. The number of benzene rings is 1. The van der Waals surface area contributed by atoms with E-state index in [2.05, 4.69) is 15.3 Å². The van der Waals surface area contributed by atoms with Crippen LogP contribution in [0.2, 0.25) is 0 Å². The van der Waals surface area contributed by atoms with Gasteiger partial charge in [0.15, 0.2) is 17.5 Å². The molecule has 1 atom stereocenters. The lowest BCUT2D eigenvalue weighted by molar-refractivity contribution is -0.0505. The molecule has 1 aromatic carbocycles. The average Bonchev–Trinajstić information content (AvgIpc) is 3.20. The molecule has 1 aliphatic carbocycles. The van der Waals surface area contributed by atoms with Crippen LogP contribution in [0.15, 0.2) is 46.9 Å². The molecular formula is C22H21F2N3O4. The van der Waals surface area contributed by atoms with Crippen LogP contribution in [0.1, 0.15) is 53.7 Å². The quantitative estimate of drug-likeness (QED) is 0.564. The molecule has 1 fully saturated rings. The monoisotopic (exact) mass is 429 g/mol. The predicted molar refractivity (Wildman–Crippen MR) is 107 cm³/mol. The minimum absolute atomic E-state index is 0.0694. The first kappa shape index (κ1) is 20.9. The van der Waals surface area contributed by atoms with Gasteiger partial charge < -0.3 is 14.5 Å². The van der Waals surface area contributed by atoms with E-state index in [9.17, 15) is 18.4 Å². The Morgan fingerprint density at radius 3 is 2.65 bits per heavy atom. The molecule has 0 aliphatic heterocycles. The van der Waals surface area contributed by atoms with Crippen molar-refractivity contribution in [3.8, 4) is 0 Å². The van der Waals surface area contributed by atoms with Gasteiger partial charge in [-0.2, -0.15) is 4.98 Å². The maximum Gasteiger partial charge on any atom is 0.408 e. The van der Waals surface area contributed by atoms with Crippen molar-refractivity contribution in [2.45, 2.75) is 44.3 Å². The number of halogens is 2. The Bertz CT molecular complexity index is 1060. The van der Waals surface area contributed by atoms with E-state index in [4.69, 9.17) is 9.15 Å². The summed E-state index contributed by atoms with van der Waals surface area (Å²) < 4.78 is 38.4. The summed E-state index contributed by atoms with van der Waals surface area (Å²) in [6, 6.07) is 11.5. The fourth-order valence-corrected chi connectivity index (χ4v) is 3.72. The Hall–Kier alpha value is -3.36. The fraction of sp³-hybridized carbons (Fsp3) is 0.364. The van der Waals surface area contributed by atoms with Crippen LogP contribution in [0, 0.1) is 5.92 Å². The molecule has 3 aromatic rings. The lowest BCUT2D eigenvalue weighted by Crippen LogP contribution is -2.37. The highest BCUT2D eigenvalue weighted by Crippen LogP contribution is 2.41. The highest BCUT2D eigenvalue weighted by atomic mass is 19.3. The molecule has 31 heavy (non-hydrogen) atoms. The zero-order chi connectivity index (χ0) is 21.8. The molecule has 1 aliphatic rings. The number of carbonyl (C=O) groups is 2. The number of hydrogen-bond donors (Lipinski definition) is 1. The number of amides is 1. The number of alkyl carbamates (subject to hydrolysis) is 1. The highest BCUT2D eigenvalue weighted by Gasteiger charge is 2.40. The number of rotatable bonds is 6. The van der Waals surface area contributed by atoms with E-state index in [1.807, 2.05) is 30.3 Å². The minimum Gasteiger partial charge on any atom is -0.445 e. The smallest absolute Gasteiger partial charge is 0.408 e. The number of aromatic nitrogens is 2. The molecule has 0 saturated heterocycles. The molecule has 0 unspecified atom stereocenters. The average molecular weight is 429 g/mol. The van der Waals surface area contributed by atoms with Gasteiger partial charge in [-0.25, -0.2) is 18.6 Å². The summed E-state index contributed by atoms with van der Waals surface area (Å²) in [5.74, 6) is -2.86. The van der Waals surface area contributed by atoms with Gasteiger partial charge in [-0.15, -0.1) is 0 Å². The Labute approximate surface area is 176 Å². The lowest BCUT2D eigenvalue weighted by atomic mass is 9.82. The van der Waals surface area contributed by atoms with Crippen molar-refractivity contribution in [1.29, 1.82) is 0 Å². The molecule has 9 heteroatoms. The van der Waals surface area contributed by atoms with E-state index in [1.54, 1.807) is 6.07 Å². The number of aldehydes is 1. The molecule has 2 aromatic heterocycles. The second-order valence-corrected chi connectivity index (χ2v) is 7.60. The second-order valence-electron chi connectivity index (χ2n) is 7.60. The molecule has 1 amide bonds. The third kappa shape index (κ3) is 5.04. The maximum absolute atomic E-state index is 13.7. The summed E-state index contributed by atoms with van der Waals surface area (Å²) in [5, 5.41) is 2.73. The van der Waals surface area contributed by atoms with E-state index in [1.165, 1.54) is 6.07 Å². The number of nitrogens with one attached hydrogen (secondary N) is 1. The van der Waals surface area contributed by atoms with Gasteiger partial charge in [-0.1, -0.05) is 30.3 Å². The number of pyridine rings is 1. The molecular weight excluding hydrogens is 408 g/mol. The molecule has 4 rings (SSSR count). The summed E-state index contributed by atoms with van der Waals surface area (Å²) in [6.07, 6.45) is -0.265. The summed E-state index contributed by atoms with van der Waals surface area (Å²) in [5.41, 5.74) is 1.56. The lowest BCUT2D eigenvalue weighted by Gasteiger charge is -2.32. The van der Waals surface area contributed by atoms with E-state index >= 15 is 0 Å². The zero-order valence-electron chi connectivity index (χ0n) is 16.6. The zero-order valence-corrected chi connectivity index (χ0v) is 16.6. The third-order valence-electron chi connectivity index (χ3n) is 5.40. The van der Waals surface area contributed by atoms with Gasteiger partial charge in [-0.3, -0.25) is 4.79 Å². The molecule has 2 heterocycles. The van der Waals surface area contributed by atoms with E-state index in [0.717, 1.165) is 5.56 Å². The first-order valence-electron chi connectivity index (χ1n) is 10.0. The topological polar surface area (TPSA) is 94.3 Å². The van der Waals surface area contributed by atoms with Crippen LogP contribution in [0.4, 0.5) is 13.6 Å². The van der Waals surface area contributed by atoms with Crippen molar-refractivity contribution in [3.63, 3.8) is 0 Å². The third-order valence-corrected chi connectivity index (χ3v) is 5.40. The SMILES string of the molecule is O=Cc1ccc2oc([C@@H](NC(=O)OCc3ccccc3)C3CCC(F)(F)CC3)nc2n1. The number of ether oxygens (including phenoxy) is 1. The molecule has 162 valence electrons. The first-order valence-corrected chi connectivity index (χ1v) is 10.0. The Morgan fingerprint density at radius 1 is 1.19 bits per heavy atom. The van der Waals surface area contributed by atoms with Gasteiger partial charge >= 0.3 is 6.09 Å². The van der Waals surface area contributed by atoms with E-state index in [-0.39, 0.29) is 55.4 Å². The van der Waals surface area contributed by atoms with Crippen molar-refractivity contribution in [2.24, 2.45) is 5.92 Å². The number of alkyl halides is 2. The summed E-state index contributed by atoms with van der Waals surface area (Å²) in [7, 11) is 0. The van der Waals surface area contributed by atoms with Crippen LogP contribution < -0.4 is 5.32 Å². The van der Waals surface area contributed by atoms with Gasteiger partial charge in [0.05, 0.1) is 0 Å². The van der Waals surface area contributed by atoms with Gasteiger partial charge in [0.25, 0.3) is 0 Å². The number of nitrogens with zero attached hydrogens (tertiary/aromatic N) is 2. The van der Waals surface area contributed by atoms with Crippen LogP contribution in [-0.2, 0) is 11.3 Å². The molecule has 1 N–H and O–H groups in total. The summed E-state index contributed by atoms with van der Waals surface area (Å²) >= 11 is 0. The minimum atomic E-state index is -2.71. The molecule has 0 radical (unpaired) electrons. The fourth-order valence-electron chi connectivity index (χ4n) is 3.72. The van der Waals surface area contributed by atoms with Gasteiger partial charge in [-0.05, 0) is 36.5 Å². The van der Waals surface area contributed by atoms with Crippen LogP contribution >= 0.6 is 0 Å². The summed E-state index contributed by atoms with van der Waals surface area (Å²) in [4.78, 5) is 31.8. The Morgan fingerprint density at radius 2 is 1.94 bits per heavy atom. The van der Waals surface area contributed by atoms with E-state index in [0.29, 0.717) is 11.9 Å². The molecule has 0 bridgehead atoms. The first-order chi connectivity index (χ1) is 14.9. The van der Waals surface area contributed by atoms with E-state index < -0.39 is 18.1 Å². The number of fused-ring (bicyclic) bond motifs is 1. The van der Waals surface area contributed by atoms with Gasteiger partial charge in [0.1, 0.15) is 18.3 Å². The normalized spacial score (nSPS) is 17.2. The van der Waals surface area contributed by atoms with Crippen LogP contribution in [0.5, 0.6) is 0 Å². The van der Waals surface area contributed by atoms with Gasteiger partial charge in [0.2, 0.25) is 11.8 Å². The number of hydrogen-bond acceptors (Lipinski definition) is 6. The molecule has 7 nitrogen and oxygen atoms in total. The van der Waals surface area contributed by atoms with Crippen molar-refractivity contribution in [2.75, 3.05) is 0 Å². The standard InChI is InChI=1S/C22H21F2N3O4/c23-22(24)10-8-15(9-11-22)18(26-21(29)30-13-14-4-2-1-3-5-14)20-27-19-17(31-20)7-6-16(12-28)25-19/h1-7,12,15,18H,8-11,13H2,(H,26,29)/t18-/m0/s1. The maximum atomic E-state index is 13.7. The predicted octanol–water partition coefficient (Wildman–Crippen LogP) is 4.83. The van der Waals surface area contributed by atoms with Crippen LogP contribution in [-0.4, -0.2) is 28.3 Å². The molecule has 0 spiro atoms. The van der Waals surface area contributed by atoms with Crippen molar-refractivity contribution >= 4 is 23.6 Å². The highest BCUT2D eigenvalue weighted by molar-refractivity contribution is 5.78. The largest absolute Gasteiger partial charge is 0.445 e. The van der Waals surface area contributed by atoms with Crippen molar-refractivity contribution < 1.29 is 27.5 Å². The van der Waals surface area contributed by atoms with Gasteiger partial charge in [0, 0.05) is 12.8 Å². The van der Waals surface area contributed by atoms with Crippen molar-refractivity contribution in [3.05, 3.63) is 59.6 Å². The number of oxazole rings is 1. The van der Waals surface area contributed by atoms with Crippen LogP contribution in [0.3, 0.4) is 0 Å². The van der Waals surface area contributed by atoms with Crippen LogP contribution in [0.25, 0.3) is 11.2 Å². The summed E-state index contributed by atoms with van der Waals surface area (Å²) in [6.45, 7) is 0.0694. The van der Waals surface area contributed by atoms with Crippen molar-refractivity contribution in [1.82, 2.24) is 15.3 Å².